The molecule has 0 saturated heterocycles. The van der Waals surface area contributed by atoms with E-state index in [2.05, 4.69) is 17.6 Å². The van der Waals surface area contributed by atoms with E-state index in [0.29, 0.717) is 5.92 Å². The lowest BCUT2D eigenvalue weighted by molar-refractivity contribution is -0.124. The fraction of sp³-hybridized carbons (Fsp3) is 0.579. The summed E-state index contributed by atoms with van der Waals surface area (Å²) in [5.41, 5.74) is -0.660. The third kappa shape index (κ3) is 5.00. The van der Waals surface area contributed by atoms with Gasteiger partial charge >= 0.3 is 0 Å². The maximum atomic E-state index is 13.8. The molecule has 1 aromatic carbocycles. The summed E-state index contributed by atoms with van der Waals surface area (Å²) in [6.45, 7) is 5.76. The quantitative estimate of drug-likeness (QED) is 0.853. The molecule has 0 aliphatic heterocycles. The zero-order valence-electron chi connectivity index (χ0n) is 14.9. The van der Waals surface area contributed by atoms with Crippen LogP contribution in [0, 0.1) is 23.5 Å². The largest absolute Gasteiger partial charge is 0.352 e. The molecule has 1 unspecified atom stereocenters. The number of halogens is 2. The van der Waals surface area contributed by atoms with Crippen molar-refractivity contribution in [3.63, 3.8) is 0 Å². The maximum Gasteiger partial charge on any atom is 0.257 e. The van der Waals surface area contributed by atoms with Crippen molar-refractivity contribution in [3.8, 4) is 0 Å². The molecule has 4 nitrogen and oxygen atoms in total. The third-order valence-electron chi connectivity index (χ3n) is 4.79. The van der Waals surface area contributed by atoms with E-state index in [1.165, 1.54) is 6.07 Å². The van der Waals surface area contributed by atoms with Crippen molar-refractivity contribution in [1.29, 1.82) is 0 Å². The van der Waals surface area contributed by atoms with E-state index >= 15 is 0 Å². The lowest BCUT2D eigenvalue weighted by Gasteiger charge is -2.29. The van der Waals surface area contributed by atoms with Gasteiger partial charge in [-0.15, -0.1) is 0 Å². The van der Waals surface area contributed by atoms with Crippen LogP contribution in [-0.2, 0) is 4.79 Å². The van der Waals surface area contributed by atoms with E-state index in [1.54, 1.807) is 13.8 Å². The van der Waals surface area contributed by atoms with Crippen LogP contribution in [0.1, 0.15) is 56.8 Å². The van der Waals surface area contributed by atoms with Crippen LogP contribution in [0.5, 0.6) is 0 Å². The molecule has 2 N–H and O–H groups in total. The Hall–Kier alpha value is -1.98. The molecule has 1 aliphatic rings. The van der Waals surface area contributed by atoms with Gasteiger partial charge in [0.1, 0.15) is 23.2 Å². The summed E-state index contributed by atoms with van der Waals surface area (Å²) in [7, 11) is 0. The smallest absolute Gasteiger partial charge is 0.257 e. The molecule has 1 aromatic rings. The molecule has 2 amide bonds. The standard InChI is InChI=1S/C19H26F2N2O2/c1-11(2)17(19(25)22-13-9-7-12(3)8-10-13)23-18(24)16-14(20)5-4-6-15(16)21/h4-6,11-13,17H,7-10H2,1-3H3,(H,22,25)(H,23,24). The molecule has 1 fully saturated rings. The molecule has 138 valence electrons. The zero-order valence-corrected chi connectivity index (χ0v) is 14.9. The van der Waals surface area contributed by atoms with Crippen LogP contribution in [0.15, 0.2) is 18.2 Å². The number of carbonyl (C=O) groups excluding carboxylic acids is 2. The minimum atomic E-state index is -0.943. The van der Waals surface area contributed by atoms with Crippen molar-refractivity contribution >= 4 is 11.8 Å². The van der Waals surface area contributed by atoms with Gasteiger partial charge in [0.15, 0.2) is 0 Å². The zero-order chi connectivity index (χ0) is 18.6. The molecule has 1 saturated carbocycles. The Bertz CT molecular complexity index is 606. The average Bonchev–Trinajstić information content (AvgIpc) is 2.54. The van der Waals surface area contributed by atoms with Crippen LogP contribution < -0.4 is 10.6 Å². The monoisotopic (exact) mass is 352 g/mol. The molecule has 1 aliphatic carbocycles. The number of rotatable bonds is 5. The molecule has 6 heteroatoms. The Kier molecular flexibility index (Phi) is 6.51. The van der Waals surface area contributed by atoms with E-state index in [9.17, 15) is 18.4 Å². The van der Waals surface area contributed by atoms with Crippen LogP contribution >= 0.6 is 0 Å². The highest BCUT2D eigenvalue weighted by molar-refractivity contribution is 5.98. The molecule has 25 heavy (non-hydrogen) atoms. The second-order valence-corrected chi connectivity index (χ2v) is 7.26. The number of hydrogen-bond donors (Lipinski definition) is 2. The van der Waals surface area contributed by atoms with Gasteiger partial charge in [-0.3, -0.25) is 9.59 Å². The molecule has 0 heterocycles. The number of hydrogen-bond acceptors (Lipinski definition) is 2. The SMILES string of the molecule is CC1CCC(NC(=O)C(NC(=O)c2c(F)cccc2F)C(C)C)CC1. The van der Waals surface area contributed by atoms with Gasteiger partial charge in [-0.2, -0.15) is 0 Å². The topological polar surface area (TPSA) is 58.2 Å². The predicted molar refractivity (Wildman–Crippen MR) is 92.0 cm³/mol. The summed E-state index contributed by atoms with van der Waals surface area (Å²) < 4.78 is 27.5. The minimum absolute atomic E-state index is 0.0899. The van der Waals surface area contributed by atoms with Crippen LogP contribution in [-0.4, -0.2) is 23.9 Å². The number of benzene rings is 1. The molecule has 0 aromatic heterocycles. The summed E-state index contributed by atoms with van der Waals surface area (Å²) in [4.78, 5) is 24.8. The lowest BCUT2D eigenvalue weighted by Crippen LogP contribution is -2.52. The van der Waals surface area contributed by atoms with Gasteiger partial charge in [-0.1, -0.05) is 26.8 Å². The molecule has 1 atom stereocenters. The number of nitrogens with one attached hydrogen (secondary N) is 2. The average molecular weight is 352 g/mol. The second-order valence-electron chi connectivity index (χ2n) is 7.26. The molecule has 0 radical (unpaired) electrons. The Labute approximate surface area is 147 Å². The summed E-state index contributed by atoms with van der Waals surface area (Å²) in [6, 6.07) is 2.48. The highest BCUT2D eigenvalue weighted by Crippen LogP contribution is 2.23. The summed E-state index contributed by atoms with van der Waals surface area (Å²) in [5, 5.41) is 5.45. The van der Waals surface area contributed by atoms with Crippen molar-refractivity contribution in [2.45, 2.75) is 58.5 Å². The van der Waals surface area contributed by atoms with Crippen molar-refractivity contribution in [3.05, 3.63) is 35.4 Å². The Morgan fingerprint density at radius 3 is 2.16 bits per heavy atom. The molecule has 0 bridgehead atoms. The number of carbonyl (C=O) groups is 2. The minimum Gasteiger partial charge on any atom is -0.352 e. The van der Waals surface area contributed by atoms with Crippen LogP contribution in [0.3, 0.4) is 0 Å². The molecule has 2 rings (SSSR count). The lowest BCUT2D eigenvalue weighted by atomic mass is 9.87. The first-order chi connectivity index (χ1) is 11.8. The van der Waals surface area contributed by atoms with Crippen LogP contribution in [0.2, 0.25) is 0 Å². The molecular formula is C19H26F2N2O2. The van der Waals surface area contributed by atoms with E-state index in [4.69, 9.17) is 0 Å². The van der Waals surface area contributed by atoms with E-state index in [-0.39, 0.29) is 17.9 Å². The normalized spacial score (nSPS) is 21.7. The fourth-order valence-corrected chi connectivity index (χ4v) is 3.16. The van der Waals surface area contributed by atoms with Crippen molar-refractivity contribution in [2.75, 3.05) is 0 Å². The van der Waals surface area contributed by atoms with Gasteiger partial charge in [0, 0.05) is 6.04 Å². The van der Waals surface area contributed by atoms with Gasteiger partial charge in [0.2, 0.25) is 5.91 Å². The summed E-state index contributed by atoms with van der Waals surface area (Å²) >= 11 is 0. The highest BCUT2D eigenvalue weighted by atomic mass is 19.1. The summed E-state index contributed by atoms with van der Waals surface area (Å²) in [6.07, 6.45) is 3.94. The van der Waals surface area contributed by atoms with Crippen molar-refractivity contribution < 1.29 is 18.4 Å². The van der Waals surface area contributed by atoms with Crippen LogP contribution in [0.4, 0.5) is 8.78 Å². The van der Waals surface area contributed by atoms with Gasteiger partial charge < -0.3 is 10.6 Å². The van der Waals surface area contributed by atoms with E-state index in [0.717, 1.165) is 37.8 Å². The molecular weight excluding hydrogens is 326 g/mol. The third-order valence-corrected chi connectivity index (χ3v) is 4.79. The van der Waals surface area contributed by atoms with Crippen molar-refractivity contribution in [1.82, 2.24) is 10.6 Å². The predicted octanol–water partition coefficient (Wildman–Crippen LogP) is 3.41. The Morgan fingerprint density at radius 2 is 1.64 bits per heavy atom. The first-order valence-corrected chi connectivity index (χ1v) is 8.84. The van der Waals surface area contributed by atoms with Crippen molar-refractivity contribution in [2.24, 2.45) is 11.8 Å². The number of amides is 2. The van der Waals surface area contributed by atoms with E-state index < -0.39 is 29.1 Å². The van der Waals surface area contributed by atoms with Gasteiger partial charge in [-0.25, -0.2) is 8.78 Å². The summed E-state index contributed by atoms with van der Waals surface area (Å²) in [5.74, 6) is -2.65. The van der Waals surface area contributed by atoms with Gasteiger partial charge in [-0.05, 0) is 49.7 Å². The van der Waals surface area contributed by atoms with Gasteiger partial charge in [0.25, 0.3) is 5.91 Å². The molecule has 0 spiro atoms. The Balaban J connectivity index is 2.05. The van der Waals surface area contributed by atoms with Gasteiger partial charge in [0.05, 0.1) is 0 Å². The Morgan fingerprint density at radius 1 is 1.08 bits per heavy atom. The first-order valence-electron chi connectivity index (χ1n) is 8.84. The fourth-order valence-electron chi connectivity index (χ4n) is 3.16. The second kappa shape index (κ2) is 8.41. The van der Waals surface area contributed by atoms with E-state index in [1.807, 2.05) is 0 Å². The van der Waals surface area contributed by atoms with Crippen LogP contribution in [0.25, 0.3) is 0 Å². The first kappa shape index (κ1) is 19.3. The highest BCUT2D eigenvalue weighted by Gasteiger charge is 2.29. The maximum absolute atomic E-state index is 13.8.